The molecule has 0 bridgehead atoms. The molecule has 0 amide bonds. The maximum absolute atomic E-state index is 8.87. The summed E-state index contributed by atoms with van der Waals surface area (Å²) in [6, 6.07) is 0. The molecule has 0 saturated carbocycles. The van der Waals surface area contributed by atoms with Gasteiger partial charge in [0.05, 0.1) is 0 Å². The molecule has 16 N–H and O–H groups in total. The van der Waals surface area contributed by atoms with Crippen LogP contribution in [0.25, 0.3) is 0 Å². The fourth-order valence-corrected chi connectivity index (χ4v) is 0. The molecule has 81 valence electrons. The Morgan fingerprint density at radius 1 is 0.636 bits per heavy atom. The van der Waals surface area contributed by atoms with Crippen LogP contribution in [-0.2, 0) is 24.9 Å². The molecule has 0 aromatic rings. The summed E-state index contributed by atoms with van der Waals surface area (Å²) in [5.74, 6) is 0. The average molecular weight is 287 g/mol. The van der Waals surface area contributed by atoms with Gasteiger partial charge in [-0.2, -0.15) is 0 Å². The minimum atomic E-state index is -1.55. The average Bonchev–Trinajstić information content (AvgIpc) is 0.918. The fraction of sp³-hybridized carbons (Fsp3) is 0. The van der Waals surface area contributed by atoms with Crippen LogP contribution in [0.15, 0.2) is 0 Å². The standard InChI is InChI=1S/ClH.8H2O.O.Zr/h1H;8*1H2;;/q;;;;;;;;;;+1/p-1. The van der Waals surface area contributed by atoms with Crippen molar-refractivity contribution < 1.29 is 68.7 Å². The zero-order valence-electron chi connectivity index (χ0n) is 5.29. The molecule has 0 aliphatic heterocycles. The summed E-state index contributed by atoms with van der Waals surface area (Å²) >= 11 is -1.55. The summed E-state index contributed by atoms with van der Waals surface area (Å²) in [6.07, 6.45) is 0. The van der Waals surface area contributed by atoms with E-state index in [9.17, 15) is 0 Å². The Hall–Kier alpha value is 0.653. The van der Waals surface area contributed by atoms with E-state index in [4.69, 9.17) is 2.81 Å². The zero-order valence-corrected chi connectivity index (χ0v) is 8.50. The summed E-state index contributed by atoms with van der Waals surface area (Å²) in [7, 11) is 4.61. The summed E-state index contributed by atoms with van der Waals surface area (Å²) < 4.78 is 8.87. The van der Waals surface area contributed by atoms with Crippen molar-refractivity contribution in [2.75, 3.05) is 0 Å². The van der Waals surface area contributed by atoms with Crippen molar-refractivity contribution in [3.63, 3.8) is 0 Å². The van der Waals surface area contributed by atoms with E-state index >= 15 is 0 Å². The number of hydrogen-bond acceptors (Lipinski definition) is 1. The van der Waals surface area contributed by atoms with Gasteiger partial charge in [-0.1, -0.05) is 0 Å². The van der Waals surface area contributed by atoms with Crippen molar-refractivity contribution in [2.45, 2.75) is 0 Å². The van der Waals surface area contributed by atoms with Crippen LogP contribution in [-0.4, -0.2) is 43.8 Å². The Bertz CT molecular complexity index is 17.0. The Morgan fingerprint density at radius 3 is 0.636 bits per heavy atom. The van der Waals surface area contributed by atoms with E-state index in [1.807, 2.05) is 0 Å². The fourth-order valence-electron chi connectivity index (χ4n) is 0. The monoisotopic (exact) mass is 285 g/mol. The van der Waals surface area contributed by atoms with Gasteiger partial charge in [0, 0.05) is 0 Å². The molecule has 0 rings (SSSR count). The normalized spacial score (nSPS) is 0.818. The predicted molar refractivity (Wildman–Crippen MR) is 35.4 cm³/mol. The molecule has 0 radical (unpaired) electrons. The molecule has 0 aromatic heterocycles. The van der Waals surface area contributed by atoms with Crippen LogP contribution in [0.1, 0.15) is 0 Å². The quantitative estimate of drug-likeness (QED) is 0.413. The number of halogens is 1. The van der Waals surface area contributed by atoms with Gasteiger partial charge >= 0.3 is 33.4 Å². The third-order valence-corrected chi connectivity index (χ3v) is 0. The molecule has 0 aliphatic rings. The zero-order chi connectivity index (χ0) is 2.71. The van der Waals surface area contributed by atoms with Gasteiger partial charge in [0.2, 0.25) is 0 Å². The second-order valence-electron chi connectivity index (χ2n) is 0.0772. The molecule has 0 aromatic carbocycles. The summed E-state index contributed by atoms with van der Waals surface area (Å²) in [6.45, 7) is 0. The van der Waals surface area contributed by atoms with E-state index in [1.165, 1.54) is 0 Å². The molecule has 0 saturated heterocycles. The second-order valence-corrected chi connectivity index (χ2v) is 1.37. The molecular weight excluding hydrogens is 271 g/mol. The van der Waals surface area contributed by atoms with Gasteiger partial charge in [-0.05, 0) is 0 Å². The van der Waals surface area contributed by atoms with Crippen molar-refractivity contribution in [3.05, 3.63) is 0 Å². The Balaban J connectivity index is -0.000000000714. The second kappa shape index (κ2) is 363. The third kappa shape index (κ3) is 1870. The van der Waals surface area contributed by atoms with Crippen LogP contribution in [0.5, 0.6) is 0 Å². The van der Waals surface area contributed by atoms with Gasteiger partial charge in [-0.15, -0.1) is 0 Å². The minimum absolute atomic E-state index is 0. The molecule has 0 atom stereocenters. The Kier molecular flexibility index (Phi) is 6200. The first-order chi connectivity index (χ1) is 1.41. The summed E-state index contributed by atoms with van der Waals surface area (Å²) in [5.41, 5.74) is 0. The molecular formula is H16ClO9Zr. The number of hydrogen-bond donors (Lipinski definition) is 0. The number of rotatable bonds is 0. The Labute approximate surface area is 77.4 Å². The summed E-state index contributed by atoms with van der Waals surface area (Å²) in [4.78, 5) is 0. The molecule has 11 heteroatoms. The van der Waals surface area contributed by atoms with Gasteiger partial charge in [0.25, 0.3) is 0 Å². The van der Waals surface area contributed by atoms with Crippen molar-refractivity contribution in [1.29, 1.82) is 0 Å². The van der Waals surface area contributed by atoms with Gasteiger partial charge in [-0.25, -0.2) is 0 Å². The van der Waals surface area contributed by atoms with Gasteiger partial charge in [0.1, 0.15) is 0 Å². The predicted octanol–water partition coefficient (Wildman–Crippen LogP) is -6.03. The van der Waals surface area contributed by atoms with Crippen molar-refractivity contribution in [2.24, 2.45) is 0 Å². The summed E-state index contributed by atoms with van der Waals surface area (Å²) in [5, 5.41) is 0. The molecule has 0 aliphatic carbocycles. The van der Waals surface area contributed by atoms with E-state index in [0.29, 0.717) is 0 Å². The van der Waals surface area contributed by atoms with Crippen LogP contribution in [0.2, 0.25) is 0 Å². The van der Waals surface area contributed by atoms with Crippen LogP contribution < -0.4 is 0 Å². The molecule has 0 heterocycles. The van der Waals surface area contributed by atoms with Crippen molar-refractivity contribution in [1.82, 2.24) is 0 Å². The van der Waals surface area contributed by atoms with Crippen LogP contribution >= 0.6 is 8.51 Å². The van der Waals surface area contributed by atoms with Crippen LogP contribution in [0, 0.1) is 0 Å². The first-order valence-electron chi connectivity index (χ1n) is 0.393. The Morgan fingerprint density at radius 2 is 0.636 bits per heavy atom. The molecule has 11 heavy (non-hydrogen) atoms. The van der Waals surface area contributed by atoms with E-state index in [2.05, 4.69) is 8.51 Å². The van der Waals surface area contributed by atoms with Crippen molar-refractivity contribution in [3.8, 4) is 0 Å². The topological polar surface area (TPSA) is 269 Å². The first-order valence-corrected chi connectivity index (χ1v) is 4.56. The van der Waals surface area contributed by atoms with Gasteiger partial charge in [-0.3, -0.25) is 0 Å². The van der Waals surface area contributed by atoms with Crippen molar-refractivity contribution >= 4 is 8.51 Å². The third-order valence-electron chi connectivity index (χ3n) is 0. The van der Waals surface area contributed by atoms with E-state index in [0.717, 1.165) is 0 Å². The molecule has 9 nitrogen and oxygen atoms in total. The SMILES string of the molecule is O.O.O.O.O.O.O.O.[O]=[Zr][Cl]. The van der Waals surface area contributed by atoms with Gasteiger partial charge < -0.3 is 43.8 Å². The maximum atomic E-state index is 8.87. The molecule has 0 unspecified atom stereocenters. The molecule has 0 spiro atoms. The van der Waals surface area contributed by atoms with E-state index < -0.39 is 22.0 Å². The van der Waals surface area contributed by atoms with Crippen LogP contribution in [0.3, 0.4) is 0 Å². The van der Waals surface area contributed by atoms with Crippen LogP contribution in [0.4, 0.5) is 0 Å². The van der Waals surface area contributed by atoms with Gasteiger partial charge in [0.15, 0.2) is 0 Å². The van der Waals surface area contributed by atoms with E-state index in [-0.39, 0.29) is 43.8 Å². The first kappa shape index (κ1) is 188. The molecule has 0 fully saturated rings. The van der Waals surface area contributed by atoms with E-state index in [1.54, 1.807) is 0 Å².